The van der Waals surface area contributed by atoms with Crippen LogP contribution in [-0.4, -0.2) is 34.3 Å². The highest BCUT2D eigenvalue weighted by Gasteiger charge is 2.26. The van der Waals surface area contributed by atoms with Crippen LogP contribution in [0.4, 0.5) is 0 Å². The standard InChI is InChI=1S/C19H20N2O4/c1-11-16-14(3-2-4-15(16)22)21-17(11)18(23)20-10-9-12-5-7-13(8-6-12)19(24)25/h5-8,21H,2-4,9-10H2,1H3,(H,20,23)(H,24,25). The first-order valence-corrected chi connectivity index (χ1v) is 8.32. The maximum atomic E-state index is 12.4. The van der Waals surface area contributed by atoms with Gasteiger partial charge >= 0.3 is 5.97 Å². The van der Waals surface area contributed by atoms with Crippen molar-refractivity contribution in [3.63, 3.8) is 0 Å². The van der Waals surface area contributed by atoms with Crippen molar-refractivity contribution >= 4 is 17.7 Å². The lowest BCUT2D eigenvalue weighted by molar-refractivity contribution is 0.0696. The zero-order valence-electron chi connectivity index (χ0n) is 14.0. The Balaban J connectivity index is 1.61. The van der Waals surface area contributed by atoms with E-state index in [4.69, 9.17) is 5.11 Å². The number of fused-ring (bicyclic) bond motifs is 1. The minimum Gasteiger partial charge on any atom is -0.478 e. The average Bonchev–Trinajstić information content (AvgIpc) is 2.93. The molecule has 0 aliphatic heterocycles. The van der Waals surface area contributed by atoms with Crippen molar-refractivity contribution in [1.82, 2.24) is 10.3 Å². The number of carboxylic acid groups (broad SMARTS) is 1. The molecule has 0 saturated heterocycles. The monoisotopic (exact) mass is 340 g/mol. The molecule has 130 valence electrons. The normalized spacial score (nSPS) is 13.4. The van der Waals surface area contributed by atoms with Gasteiger partial charge in [0.1, 0.15) is 5.69 Å². The maximum Gasteiger partial charge on any atom is 0.335 e. The molecule has 3 rings (SSSR count). The molecule has 1 aromatic carbocycles. The molecule has 0 radical (unpaired) electrons. The van der Waals surface area contributed by atoms with E-state index >= 15 is 0 Å². The summed E-state index contributed by atoms with van der Waals surface area (Å²) in [6, 6.07) is 6.59. The maximum absolute atomic E-state index is 12.4. The average molecular weight is 340 g/mol. The molecule has 0 fully saturated rings. The van der Waals surface area contributed by atoms with Gasteiger partial charge in [-0.1, -0.05) is 12.1 Å². The minimum absolute atomic E-state index is 0.104. The first-order valence-electron chi connectivity index (χ1n) is 8.32. The Bertz CT molecular complexity index is 834. The van der Waals surface area contributed by atoms with Crippen LogP contribution >= 0.6 is 0 Å². The van der Waals surface area contributed by atoms with E-state index in [1.54, 1.807) is 31.2 Å². The predicted octanol–water partition coefficient (Wildman–Crippen LogP) is 2.51. The summed E-state index contributed by atoms with van der Waals surface area (Å²) in [5.41, 5.74) is 3.92. The highest BCUT2D eigenvalue weighted by atomic mass is 16.4. The Morgan fingerprint density at radius 3 is 2.56 bits per heavy atom. The van der Waals surface area contributed by atoms with E-state index in [-0.39, 0.29) is 17.3 Å². The van der Waals surface area contributed by atoms with Crippen molar-refractivity contribution in [2.45, 2.75) is 32.6 Å². The fourth-order valence-corrected chi connectivity index (χ4v) is 3.22. The predicted molar refractivity (Wildman–Crippen MR) is 92.2 cm³/mol. The molecule has 3 N–H and O–H groups in total. The van der Waals surface area contributed by atoms with Crippen molar-refractivity contribution in [2.75, 3.05) is 6.54 Å². The van der Waals surface area contributed by atoms with E-state index in [0.717, 1.165) is 29.7 Å². The molecular weight excluding hydrogens is 320 g/mol. The number of carboxylic acids is 1. The summed E-state index contributed by atoms with van der Waals surface area (Å²) in [6.45, 7) is 2.24. The van der Waals surface area contributed by atoms with Crippen LogP contribution in [-0.2, 0) is 12.8 Å². The number of carbonyl (C=O) groups excluding carboxylic acids is 2. The molecule has 0 bridgehead atoms. The van der Waals surface area contributed by atoms with Gasteiger partial charge in [0.25, 0.3) is 5.91 Å². The third kappa shape index (κ3) is 3.47. The second-order valence-electron chi connectivity index (χ2n) is 6.26. The number of hydrogen-bond donors (Lipinski definition) is 3. The van der Waals surface area contributed by atoms with Crippen LogP contribution in [0.5, 0.6) is 0 Å². The number of aromatic carboxylic acids is 1. The lowest BCUT2D eigenvalue weighted by Crippen LogP contribution is -2.26. The topological polar surface area (TPSA) is 99.3 Å². The van der Waals surface area contributed by atoms with Crippen LogP contribution in [0.15, 0.2) is 24.3 Å². The number of nitrogens with one attached hydrogen (secondary N) is 2. The van der Waals surface area contributed by atoms with Gasteiger partial charge in [0.2, 0.25) is 0 Å². The quantitative estimate of drug-likeness (QED) is 0.779. The second kappa shape index (κ2) is 6.93. The van der Waals surface area contributed by atoms with Gasteiger partial charge in [0.15, 0.2) is 5.78 Å². The van der Waals surface area contributed by atoms with Crippen LogP contribution in [0.3, 0.4) is 0 Å². The number of H-pyrrole nitrogens is 1. The Morgan fingerprint density at radius 1 is 1.20 bits per heavy atom. The van der Waals surface area contributed by atoms with E-state index in [2.05, 4.69) is 10.3 Å². The lowest BCUT2D eigenvalue weighted by atomic mass is 9.94. The number of ketones is 1. The lowest BCUT2D eigenvalue weighted by Gasteiger charge is -2.09. The molecule has 1 aliphatic carbocycles. The van der Waals surface area contributed by atoms with Crippen molar-refractivity contribution in [1.29, 1.82) is 0 Å². The van der Waals surface area contributed by atoms with Crippen LogP contribution in [0.1, 0.15) is 60.9 Å². The van der Waals surface area contributed by atoms with Crippen molar-refractivity contribution in [3.05, 3.63) is 57.9 Å². The van der Waals surface area contributed by atoms with Crippen LogP contribution in [0, 0.1) is 6.92 Å². The fraction of sp³-hybridized carbons (Fsp3) is 0.316. The van der Waals surface area contributed by atoms with E-state index in [1.165, 1.54) is 0 Å². The Labute approximate surface area is 145 Å². The number of Topliss-reactive ketones (excluding diaryl/α,β-unsaturated/α-hetero) is 1. The Kier molecular flexibility index (Phi) is 4.70. The number of hydrogen-bond acceptors (Lipinski definition) is 3. The number of amides is 1. The second-order valence-corrected chi connectivity index (χ2v) is 6.26. The number of carbonyl (C=O) groups is 3. The van der Waals surface area contributed by atoms with Gasteiger partial charge in [-0.25, -0.2) is 4.79 Å². The molecule has 25 heavy (non-hydrogen) atoms. The summed E-state index contributed by atoms with van der Waals surface area (Å²) in [5.74, 6) is -1.07. The minimum atomic E-state index is -0.958. The third-order valence-corrected chi connectivity index (χ3v) is 4.56. The fourth-order valence-electron chi connectivity index (χ4n) is 3.22. The summed E-state index contributed by atoms with van der Waals surface area (Å²) in [7, 11) is 0. The molecular formula is C19H20N2O4. The molecule has 6 heteroatoms. The first-order chi connectivity index (χ1) is 12.0. The number of benzene rings is 1. The van der Waals surface area contributed by atoms with Gasteiger partial charge in [-0.05, 0) is 49.4 Å². The molecule has 0 saturated carbocycles. The first kappa shape index (κ1) is 17.0. The Hall–Kier alpha value is -2.89. The summed E-state index contributed by atoms with van der Waals surface area (Å²) in [6.07, 6.45) is 2.76. The van der Waals surface area contributed by atoms with Gasteiger partial charge in [0.05, 0.1) is 5.56 Å². The van der Waals surface area contributed by atoms with Gasteiger partial charge in [0, 0.05) is 24.2 Å². The number of aromatic amines is 1. The van der Waals surface area contributed by atoms with Crippen LogP contribution in [0.2, 0.25) is 0 Å². The zero-order chi connectivity index (χ0) is 18.0. The van der Waals surface area contributed by atoms with Crippen LogP contribution in [0.25, 0.3) is 0 Å². The van der Waals surface area contributed by atoms with E-state index in [1.807, 2.05) is 0 Å². The number of aromatic nitrogens is 1. The molecule has 0 spiro atoms. The zero-order valence-corrected chi connectivity index (χ0v) is 14.0. The van der Waals surface area contributed by atoms with Gasteiger partial charge in [-0.15, -0.1) is 0 Å². The van der Waals surface area contributed by atoms with E-state index in [9.17, 15) is 14.4 Å². The molecule has 1 amide bonds. The highest BCUT2D eigenvalue weighted by Crippen LogP contribution is 2.26. The van der Waals surface area contributed by atoms with Gasteiger partial charge < -0.3 is 15.4 Å². The van der Waals surface area contributed by atoms with Crippen molar-refractivity contribution in [3.8, 4) is 0 Å². The molecule has 2 aromatic rings. The molecule has 1 aromatic heterocycles. The molecule has 6 nitrogen and oxygen atoms in total. The van der Waals surface area contributed by atoms with Crippen molar-refractivity contribution < 1.29 is 19.5 Å². The molecule has 0 unspecified atom stereocenters. The van der Waals surface area contributed by atoms with E-state index in [0.29, 0.717) is 30.6 Å². The summed E-state index contributed by atoms with van der Waals surface area (Å²) in [5, 5.41) is 11.7. The Morgan fingerprint density at radius 2 is 1.92 bits per heavy atom. The summed E-state index contributed by atoms with van der Waals surface area (Å²) < 4.78 is 0. The van der Waals surface area contributed by atoms with E-state index < -0.39 is 5.97 Å². The van der Waals surface area contributed by atoms with Crippen LogP contribution < -0.4 is 5.32 Å². The molecule has 0 atom stereocenters. The number of aryl methyl sites for hydroxylation is 1. The van der Waals surface area contributed by atoms with Gasteiger partial charge in [-0.2, -0.15) is 0 Å². The summed E-state index contributed by atoms with van der Waals surface area (Å²) in [4.78, 5) is 38.3. The number of rotatable bonds is 5. The largest absolute Gasteiger partial charge is 0.478 e. The third-order valence-electron chi connectivity index (χ3n) is 4.56. The smallest absolute Gasteiger partial charge is 0.335 e. The summed E-state index contributed by atoms with van der Waals surface area (Å²) >= 11 is 0. The molecule has 1 aliphatic rings. The molecule has 1 heterocycles. The SMILES string of the molecule is Cc1c(C(=O)NCCc2ccc(C(=O)O)cc2)[nH]c2c1C(=O)CCC2. The highest BCUT2D eigenvalue weighted by molar-refractivity contribution is 6.04. The van der Waals surface area contributed by atoms with Gasteiger partial charge in [-0.3, -0.25) is 9.59 Å². The van der Waals surface area contributed by atoms with Crippen molar-refractivity contribution in [2.24, 2.45) is 0 Å².